The number of hydrogen-bond acceptors (Lipinski definition) is 0. The summed E-state index contributed by atoms with van der Waals surface area (Å²) < 4.78 is 4.41. The maximum Gasteiger partial charge on any atom is 0.213 e. The molecule has 0 bridgehead atoms. The highest BCUT2D eigenvalue weighted by atomic mass is 14.9. The third-order valence-electron chi connectivity index (χ3n) is 5.55. The van der Waals surface area contributed by atoms with Gasteiger partial charge in [0.05, 0.1) is 11.1 Å². The second kappa shape index (κ2) is 6.58. The van der Waals surface area contributed by atoms with Crippen LogP contribution in [0.25, 0.3) is 44.1 Å². The summed E-state index contributed by atoms with van der Waals surface area (Å²) in [6.45, 7) is 0. The number of rotatable bonds is 2. The van der Waals surface area contributed by atoms with Gasteiger partial charge in [0.25, 0.3) is 0 Å². The monoisotopic (exact) mass is 362 g/mol. The topological polar surface area (TPSA) is 7.76 Å². The van der Waals surface area contributed by atoms with E-state index in [2.05, 4.69) is 121 Å². The van der Waals surface area contributed by atoms with Gasteiger partial charge in [0.1, 0.15) is 14.1 Å². The molecule has 3 aromatic carbocycles. The Labute approximate surface area is 164 Å². The lowest BCUT2D eigenvalue weighted by Gasteiger charge is -2.14. The second-order valence-electron chi connectivity index (χ2n) is 7.23. The molecule has 2 aromatic heterocycles. The first-order chi connectivity index (χ1) is 13.8. The molecule has 0 unspecified atom stereocenters. The van der Waals surface area contributed by atoms with Crippen molar-refractivity contribution in [3.63, 3.8) is 0 Å². The average molecular weight is 362 g/mol. The molecule has 0 radical (unpaired) electrons. The smallest absolute Gasteiger partial charge is 0.201 e. The summed E-state index contributed by atoms with van der Waals surface area (Å²) >= 11 is 0. The van der Waals surface area contributed by atoms with E-state index in [9.17, 15) is 0 Å². The van der Waals surface area contributed by atoms with Crippen LogP contribution in [0.15, 0.2) is 97.3 Å². The standard InChI is InChI=1S/C26H22N2/c1-27-17-9-7-15-23(27)25-19-11-3-5-13-21(19)26(22-14-6-4-12-20(22)25)24-16-8-10-18-28(24)2/h3-18H,1-2H3/q+2. The molecular formula is C26H22N2+2. The van der Waals surface area contributed by atoms with Gasteiger partial charge in [-0.1, -0.05) is 48.5 Å². The largest absolute Gasteiger partial charge is 0.213 e. The Morgan fingerprint density at radius 2 is 0.750 bits per heavy atom. The van der Waals surface area contributed by atoms with Gasteiger partial charge in [-0.05, 0) is 33.7 Å². The van der Waals surface area contributed by atoms with Crippen molar-refractivity contribution in [2.75, 3.05) is 0 Å². The number of nitrogens with zero attached hydrogens (tertiary/aromatic N) is 2. The Morgan fingerprint density at radius 3 is 1.07 bits per heavy atom. The molecule has 5 rings (SSSR count). The minimum absolute atomic E-state index is 1.22. The van der Waals surface area contributed by atoms with Crippen LogP contribution in [0.5, 0.6) is 0 Å². The summed E-state index contributed by atoms with van der Waals surface area (Å²) in [5.74, 6) is 0. The van der Waals surface area contributed by atoms with Gasteiger partial charge in [0.15, 0.2) is 12.4 Å². The third kappa shape index (κ3) is 2.49. The van der Waals surface area contributed by atoms with Crippen molar-refractivity contribution in [2.24, 2.45) is 14.1 Å². The molecule has 0 aliphatic carbocycles. The normalized spacial score (nSPS) is 11.2. The minimum Gasteiger partial charge on any atom is -0.201 e. The van der Waals surface area contributed by atoms with Crippen molar-refractivity contribution in [1.82, 2.24) is 0 Å². The van der Waals surface area contributed by atoms with Crippen LogP contribution in [0.1, 0.15) is 0 Å². The lowest BCUT2D eigenvalue weighted by Crippen LogP contribution is -2.30. The van der Waals surface area contributed by atoms with E-state index in [1.165, 1.54) is 44.1 Å². The average Bonchev–Trinajstić information content (AvgIpc) is 2.73. The van der Waals surface area contributed by atoms with Gasteiger partial charge in [-0.2, -0.15) is 0 Å². The van der Waals surface area contributed by atoms with Crippen molar-refractivity contribution >= 4 is 21.5 Å². The van der Waals surface area contributed by atoms with E-state index in [-0.39, 0.29) is 0 Å². The molecule has 0 aliphatic heterocycles. The summed E-state index contributed by atoms with van der Waals surface area (Å²) in [5, 5.41) is 5.12. The lowest BCUT2D eigenvalue weighted by atomic mass is 9.88. The van der Waals surface area contributed by atoms with Crippen molar-refractivity contribution in [3.8, 4) is 22.5 Å². The quantitative estimate of drug-likeness (QED) is 0.309. The number of hydrogen-bond donors (Lipinski definition) is 0. The van der Waals surface area contributed by atoms with Crippen LogP contribution in [0.3, 0.4) is 0 Å². The van der Waals surface area contributed by atoms with Crippen LogP contribution in [0.2, 0.25) is 0 Å². The SMILES string of the molecule is C[n+]1ccccc1-c1c2ccccc2c(-c2cccc[n+]2C)c2ccccc12. The first-order valence-electron chi connectivity index (χ1n) is 9.59. The zero-order chi connectivity index (χ0) is 19.1. The van der Waals surface area contributed by atoms with Crippen LogP contribution in [-0.2, 0) is 14.1 Å². The van der Waals surface area contributed by atoms with E-state index in [0.717, 1.165) is 0 Å². The summed E-state index contributed by atoms with van der Waals surface area (Å²) in [6, 6.07) is 30.3. The molecule has 2 heterocycles. The molecule has 28 heavy (non-hydrogen) atoms. The van der Waals surface area contributed by atoms with Gasteiger partial charge < -0.3 is 0 Å². The van der Waals surface area contributed by atoms with E-state index in [1.54, 1.807) is 0 Å². The van der Waals surface area contributed by atoms with Crippen molar-refractivity contribution < 1.29 is 9.13 Å². The van der Waals surface area contributed by atoms with Gasteiger partial charge in [-0.15, -0.1) is 0 Å². The van der Waals surface area contributed by atoms with E-state index < -0.39 is 0 Å². The Balaban J connectivity index is 2.04. The lowest BCUT2D eigenvalue weighted by molar-refractivity contribution is -0.660. The first-order valence-corrected chi connectivity index (χ1v) is 9.59. The predicted molar refractivity (Wildman–Crippen MR) is 115 cm³/mol. The molecule has 2 nitrogen and oxygen atoms in total. The van der Waals surface area contributed by atoms with Gasteiger partial charge in [0.2, 0.25) is 11.4 Å². The van der Waals surface area contributed by atoms with E-state index in [4.69, 9.17) is 0 Å². The highest BCUT2D eigenvalue weighted by Crippen LogP contribution is 2.41. The van der Waals surface area contributed by atoms with Crippen molar-refractivity contribution in [1.29, 1.82) is 0 Å². The van der Waals surface area contributed by atoms with Crippen molar-refractivity contribution in [2.45, 2.75) is 0 Å². The van der Waals surface area contributed by atoms with E-state index in [1.807, 2.05) is 0 Å². The van der Waals surface area contributed by atoms with Gasteiger partial charge in [-0.3, -0.25) is 0 Å². The summed E-state index contributed by atoms with van der Waals surface area (Å²) in [4.78, 5) is 0. The zero-order valence-electron chi connectivity index (χ0n) is 16.1. The molecule has 0 amide bonds. The highest BCUT2D eigenvalue weighted by Gasteiger charge is 2.23. The molecule has 0 spiro atoms. The Kier molecular flexibility index (Phi) is 3.91. The van der Waals surface area contributed by atoms with Gasteiger partial charge in [0, 0.05) is 24.3 Å². The third-order valence-corrected chi connectivity index (χ3v) is 5.55. The molecule has 0 aliphatic rings. The molecule has 0 atom stereocenters. The van der Waals surface area contributed by atoms with Gasteiger partial charge >= 0.3 is 0 Å². The second-order valence-corrected chi connectivity index (χ2v) is 7.23. The molecule has 134 valence electrons. The maximum atomic E-state index is 2.25. The van der Waals surface area contributed by atoms with Crippen LogP contribution >= 0.6 is 0 Å². The highest BCUT2D eigenvalue weighted by molar-refractivity contribution is 6.20. The molecule has 5 aromatic rings. The number of fused-ring (bicyclic) bond motifs is 2. The molecule has 0 saturated carbocycles. The molecule has 0 fully saturated rings. The Bertz CT molecular complexity index is 1170. The molecule has 0 saturated heterocycles. The Morgan fingerprint density at radius 1 is 0.429 bits per heavy atom. The van der Waals surface area contributed by atoms with E-state index >= 15 is 0 Å². The fraction of sp³-hybridized carbons (Fsp3) is 0.0769. The summed E-state index contributed by atoms with van der Waals surface area (Å²) in [6.07, 6.45) is 4.23. The predicted octanol–water partition coefficient (Wildman–Crippen LogP) is 4.98. The first kappa shape index (κ1) is 16.6. The number of aryl methyl sites for hydroxylation is 2. The Hall–Kier alpha value is -3.52. The number of pyridine rings is 2. The minimum atomic E-state index is 1.22. The summed E-state index contributed by atoms with van der Waals surface area (Å²) in [5.41, 5.74) is 5.02. The zero-order valence-corrected chi connectivity index (χ0v) is 16.1. The molecular weight excluding hydrogens is 340 g/mol. The van der Waals surface area contributed by atoms with Crippen LogP contribution in [0, 0.1) is 0 Å². The molecule has 0 N–H and O–H groups in total. The number of benzene rings is 3. The molecule has 2 heteroatoms. The van der Waals surface area contributed by atoms with Gasteiger partial charge in [-0.25, -0.2) is 9.13 Å². The number of aromatic nitrogens is 2. The fourth-order valence-electron chi connectivity index (χ4n) is 4.25. The van der Waals surface area contributed by atoms with Crippen molar-refractivity contribution in [3.05, 3.63) is 97.3 Å². The van der Waals surface area contributed by atoms with E-state index in [0.29, 0.717) is 0 Å². The summed E-state index contributed by atoms with van der Waals surface area (Å²) in [7, 11) is 4.23. The van der Waals surface area contributed by atoms with Crippen LogP contribution < -0.4 is 9.13 Å². The van der Waals surface area contributed by atoms with Crippen LogP contribution in [-0.4, -0.2) is 0 Å². The fourth-order valence-corrected chi connectivity index (χ4v) is 4.25. The maximum absolute atomic E-state index is 2.25. The van der Waals surface area contributed by atoms with Crippen LogP contribution in [0.4, 0.5) is 0 Å².